The van der Waals surface area contributed by atoms with Gasteiger partial charge in [-0.15, -0.1) is 0 Å². The smallest absolute Gasteiger partial charge is 0.156 e. The van der Waals surface area contributed by atoms with Crippen LogP contribution in [0.1, 0.15) is 32.4 Å². The number of unbranched alkanes of at least 4 members (excludes halogenated alkanes) is 1. The molecule has 0 aliphatic rings. The Morgan fingerprint density at radius 3 is 2.75 bits per heavy atom. The van der Waals surface area contributed by atoms with Crippen molar-refractivity contribution in [3.05, 3.63) is 11.9 Å². The summed E-state index contributed by atoms with van der Waals surface area (Å²) in [5.74, 6) is 0.327. The van der Waals surface area contributed by atoms with Crippen molar-refractivity contribution in [1.29, 1.82) is 0 Å². The van der Waals surface area contributed by atoms with E-state index >= 15 is 0 Å². The maximum Gasteiger partial charge on any atom is 0.156 e. The van der Waals surface area contributed by atoms with Gasteiger partial charge in [-0.1, -0.05) is 20.3 Å². The summed E-state index contributed by atoms with van der Waals surface area (Å²) in [7, 11) is 0. The van der Waals surface area contributed by atoms with Crippen molar-refractivity contribution in [2.24, 2.45) is 0 Å². The molecule has 0 spiro atoms. The Morgan fingerprint density at radius 1 is 1.50 bits per heavy atom. The molecule has 0 aliphatic heterocycles. The van der Waals surface area contributed by atoms with Gasteiger partial charge in [0.25, 0.3) is 0 Å². The van der Waals surface area contributed by atoms with Gasteiger partial charge in [0.15, 0.2) is 5.75 Å². The molecule has 1 N–H and O–H groups in total. The summed E-state index contributed by atoms with van der Waals surface area (Å²) in [5, 5.41) is 13.6. The van der Waals surface area contributed by atoms with Crippen LogP contribution in [0.5, 0.6) is 5.75 Å². The van der Waals surface area contributed by atoms with E-state index in [1.54, 1.807) is 6.20 Å². The lowest BCUT2D eigenvalue weighted by Crippen LogP contribution is -1.98. The van der Waals surface area contributed by atoms with E-state index in [-0.39, 0.29) is 0 Å². The van der Waals surface area contributed by atoms with Crippen molar-refractivity contribution < 1.29 is 5.11 Å². The molecule has 0 radical (unpaired) electrons. The zero-order chi connectivity index (χ0) is 8.97. The predicted molar refractivity (Wildman–Crippen MR) is 48.2 cm³/mol. The lowest BCUT2D eigenvalue weighted by molar-refractivity contribution is 0.467. The zero-order valence-corrected chi connectivity index (χ0v) is 7.75. The first kappa shape index (κ1) is 9.10. The maximum atomic E-state index is 9.35. The van der Waals surface area contributed by atoms with Gasteiger partial charge < -0.3 is 5.11 Å². The minimum Gasteiger partial charge on any atom is -0.504 e. The molecule has 0 unspecified atom stereocenters. The highest BCUT2D eigenvalue weighted by Crippen LogP contribution is 2.14. The quantitative estimate of drug-likeness (QED) is 0.746. The first-order valence-electron chi connectivity index (χ1n) is 4.53. The van der Waals surface area contributed by atoms with Crippen LogP contribution < -0.4 is 0 Å². The third-order valence-electron chi connectivity index (χ3n) is 1.89. The molecular weight excluding hydrogens is 152 g/mol. The second-order valence-corrected chi connectivity index (χ2v) is 2.93. The molecule has 0 saturated heterocycles. The summed E-state index contributed by atoms with van der Waals surface area (Å²) in [5.41, 5.74) is 0.797. The predicted octanol–water partition coefficient (Wildman–Crippen LogP) is 1.95. The van der Waals surface area contributed by atoms with Gasteiger partial charge in [-0.3, -0.25) is 4.68 Å². The molecule has 0 fully saturated rings. The van der Waals surface area contributed by atoms with Crippen LogP contribution in [0.15, 0.2) is 6.20 Å². The third kappa shape index (κ3) is 2.00. The fraction of sp³-hybridized carbons (Fsp3) is 0.667. The monoisotopic (exact) mass is 168 g/mol. The molecule has 0 amide bonds. The number of hydrogen-bond acceptors (Lipinski definition) is 2. The standard InChI is InChI=1S/C9H16N2O/c1-3-5-6-11-7-9(12)8(4-2)10-11/h7,12H,3-6H2,1-2H3. The Hall–Kier alpha value is -0.990. The van der Waals surface area contributed by atoms with E-state index in [2.05, 4.69) is 12.0 Å². The van der Waals surface area contributed by atoms with Crippen molar-refractivity contribution >= 4 is 0 Å². The van der Waals surface area contributed by atoms with Gasteiger partial charge in [0, 0.05) is 6.54 Å². The summed E-state index contributed by atoms with van der Waals surface area (Å²) < 4.78 is 1.82. The molecule has 0 saturated carbocycles. The van der Waals surface area contributed by atoms with E-state index in [1.807, 2.05) is 11.6 Å². The van der Waals surface area contributed by atoms with Gasteiger partial charge in [-0.05, 0) is 12.8 Å². The molecule has 68 valence electrons. The number of nitrogens with zero attached hydrogens (tertiary/aromatic N) is 2. The molecule has 0 bridgehead atoms. The fourth-order valence-electron chi connectivity index (χ4n) is 1.14. The second-order valence-electron chi connectivity index (χ2n) is 2.93. The minimum atomic E-state index is 0.327. The summed E-state index contributed by atoms with van der Waals surface area (Å²) in [6.45, 7) is 5.04. The largest absolute Gasteiger partial charge is 0.504 e. The highest BCUT2D eigenvalue weighted by molar-refractivity contribution is 5.22. The van der Waals surface area contributed by atoms with Gasteiger partial charge >= 0.3 is 0 Å². The number of aryl methyl sites for hydroxylation is 2. The van der Waals surface area contributed by atoms with E-state index in [4.69, 9.17) is 0 Å². The van der Waals surface area contributed by atoms with Crippen molar-refractivity contribution in [1.82, 2.24) is 9.78 Å². The van der Waals surface area contributed by atoms with Crippen LogP contribution >= 0.6 is 0 Å². The Morgan fingerprint density at radius 2 is 2.25 bits per heavy atom. The van der Waals surface area contributed by atoms with Gasteiger partial charge in [-0.2, -0.15) is 5.10 Å². The average molecular weight is 168 g/mol. The van der Waals surface area contributed by atoms with Crippen LogP contribution in [0.4, 0.5) is 0 Å². The topological polar surface area (TPSA) is 38.0 Å². The average Bonchev–Trinajstić information content (AvgIpc) is 2.43. The number of aromatic nitrogens is 2. The first-order valence-corrected chi connectivity index (χ1v) is 4.53. The SMILES string of the molecule is CCCCn1cc(O)c(CC)n1. The molecule has 1 aromatic rings. The van der Waals surface area contributed by atoms with Crippen LogP contribution in [-0.2, 0) is 13.0 Å². The Bertz CT molecular complexity index is 243. The van der Waals surface area contributed by atoms with Crippen molar-refractivity contribution in [3.63, 3.8) is 0 Å². The normalized spacial score (nSPS) is 10.5. The molecule has 0 aromatic carbocycles. The van der Waals surface area contributed by atoms with Crippen molar-refractivity contribution in [2.75, 3.05) is 0 Å². The summed E-state index contributed by atoms with van der Waals surface area (Å²) in [4.78, 5) is 0. The van der Waals surface area contributed by atoms with Gasteiger partial charge in [0.05, 0.1) is 6.20 Å². The summed E-state index contributed by atoms with van der Waals surface area (Å²) >= 11 is 0. The highest BCUT2D eigenvalue weighted by atomic mass is 16.3. The Balaban J connectivity index is 2.62. The molecule has 3 nitrogen and oxygen atoms in total. The van der Waals surface area contributed by atoms with Crippen molar-refractivity contribution in [3.8, 4) is 5.75 Å². The van der Waals surface area contributed by atoms with Crippen LogP contribution in [0.3, 0.4) is 0 Å². The highest BCUT2D eigenvalue weighted by Gasteiger charge is 2.03. The van der Waals surface area contributed by atoms with E-state index in [1.165, 1.54) is 0 Å². The Labute approximate surface area is 73.0 Å². The van der Waals surface area contributed by atoms with Gasteiger partial charge in [-0.25, -0.2) is 0 Å². The summed E-state index contributed by atoms with van der Waals surface area (Å²) in [6.07, 6.45) is 4.77. The van der Waals surface area contributed by atoms with Gasteiger partial charge in [0.1, 0.15) is 5.69 Å². The molecule has 0 atom stereocenters. The lowest BCUT2D eigenvalue weighted by atomic mass is 10.3. The summed E-state index contributed by atoms with van der Waals surface area (Å²) in [6, 6.07) is 0. The number of hydrogen-bond donors (Lipinski definition) is 1. The van der Waals surface area contributed by atoms with Crippen LogP contribution in [-0.4, -0.2) is 14.9 Å². The number of aromatic hydroxyl groups is 1. The van der Waals surface area contributed by atoms with E-state index in [0.717, 1.165) is 31.5 Å². The zero-order valence-electron chi connectivity index (χ0n) is 7.75. The van der Waals surface area contributed by atoms with Crippen LogP contribution in [0.25, 0.3) is 0 Å². The fourth-order valence-corrected chi connectivity index (χ4v) is 1.14. The van der Waals surface area contributed by atoms with E-state index < -0.39 is 0 Å². The molecule has 1 aromatic heterocycles. The molecular formula is C9H16N2O. The van der Waals surface area contributed by atoms with Gasteiger partial charge in [0.2, 0.25) is 0 Å². The third-order valence-corrected chi connectivity index (χ3v) is 1.89. The molecule has 1 heterocycles. The van der Waals surface area contributed by atoms with Crippen molar-refractivity contribution in [2.45, 2.75) is 39.7 Å². The number of rotatable bonds is 4. The maximum absolute atomic E-state index is 9.35. The second kappa shape index (κ2) is 4.14. The van der Waals surface area contributed by atoms with E-state index in [0.29, 0.717) is 5.75 Å². The van der Waals surface area contributed by atoms with E-state index in [9.17, 15) is 5.11 Å². The molecule has 3 heteroatoms. The lowest BCUT2D eigenvalue weighted by Gasteiger charge is -1.96. The van der Waals surface area contributed by atoms with Crippen LogP contribution in [0.2, 0.25) is 0 Å². The van der Waals surface area contributed by atoms with Crippen LogP contribution in [0, 0.1) is 0 Å². The molecule has 12 heavy (non-hydrogen) atoms. The Kier molecular flexibility index (Phi) is 3.14. The molecule has 0 aliphatic carbocycles. The molecule has 1 rings (SSSR count). The first-order chi connectivity index (χ1) is 5.77. The minimum absolute atomic E-state index is 0.327.